The van der Waals surface area contributed by atoms with Gasteiger partial charge in [0.15, 0.2) is 0 Å². The quantitative estimate of drug-likeness (QED) is 0.675. The highest BCUT2D eigenvalue weighted by Gasteiger charge is 2.32. The molecule has 1 aliphatic heterocycles. The standard InChI is InChI=1S/C18H16F3N3O3S2/c19-18(20,21)12-2-1-3-13(10-12)23-6-8-24(9-7-23)29(26,27)14-4-5-15-16(11-14)28-17(25)22-15/h1-5,10-11H,6-9H2,(H,22,25). The van der Waals surface area contributed by atoms with Crippen LogP contribution in [0.1, 0.15) is 5.56 Å². The summed E-state index contributed by atoms with van der Waals surface area (Å²) in [5, 5.41) is 0. The normalized spacial score (nSPS) is 16.4. The van der Waals surface area contributed by atoms with Crippen LogP contribution >= 0.6 is 11.3 Å². The maximum absolute atomic E-state index is 12.9. The lowest BCUT2D eigenvalue weighted by molar-refractivity contribution is -0.137. The van der Waals surface area contributed by atoms with Gasteiger partial charge in [-0.15, -0.1) is 0 Å². The number of fused-ring (bicyclic) bond motifs is 1. The summed E-state index contributed by atoms with van der Waals surface area (Å²) in [7, 11) is -3.76. The first kappa shape index (κ1) is 19.9. The number of halogens is 3. The van der Waals surface area contributed by atoms with Crippen molar-refractivity contribution in [2.24, 2.45) is 0 Å². The molecule has 1 aliphatic rings. The summed E-state index contributed by atoms with van der Waals surface area (Å²) in [6.45, 7) is 0.862. The van der Waals surface area contributed by atoms with E-state index in [1.807, 2.05) is 0 Å². The molecule has 0 unspecified atom stereocenters. The molecule has 4 rings (SSSR count). The van der Waals surface area contributed by atoms with Crippen LogP contribution in [0, 0.1) is 0 Å². The van der Waals surface area contributed by atoms with E-state index in [-0.39, 0.29) is 35.9 Å². The molecule has 1 aromatic heterocycles. The summed E-state index contributed by atoms with van der Waals surface area (Å²) in [6, 6.07) is 9.48. The predicted octanol–water partition coefficient (Wildman–Crippen LogP) is 3.12. The number of benzene rings is 2. The average Bonchev–Trinajstić information content (AvgIpc) is 3.07. The van der Waals surface area contributed by atoms with Crippen molar-refractivity contribution in [3.8, 4) is 0 Å². The lowest BCUT2D eigenvalue weighted by Crippen LogP contribution is -2.48. The van der Waals surface area contributed by atoms with Gasteiger partial charge in [-0.2, -0.15) is 17.5 Å². The zero-order valence-corrected chi connectivity index (χ0v) is 16.6. The number of nitrogens with one attached hydrogen (secondary N) is 1. The van der Waals surface area contributed by atoms with Gasteiger partial charge in [-0.1, -0.05) is 17.4 Å². The highest BCUT2D eigenvalue weighted by molar-refractivity contribution is 7.89. The Bertz CT molecular complexity index is 1210. The van der Waals surface area contributed by atoms with Crippen LogP contribution in [0.5, 0.6) is 0 Å². The minimum absolute atomic E-state index is 0.0905. The minimum atomic E-state index is -4.43. The molecule has 0 aliphatic carbocycles. The van der Waals surface area contributed by atoms with Gasteiger partial charge in [-0.05, 0) is 36.4 Å². The second kappa shape index (κ2) is 7.15. The monoisotopic (exact) mass is 443 g/mol. The lowest BCUT2D eigenvalue weighted by atomic mass is 10.1. The number of sulfonamides is 1. The molecule has 0 spiro atoms. The lowest BCUT2D eigenvalue weighted by Gasteiger charge is -2.35. The van der Waals surface area contributed by atoms with Crippen LogP contribution in [0.2, 0.25) is 0 Å². The van der Waals surface area contributed by atoms with Gasteiger partial charge in [0, 0.05) is 31.9 Å². The molecule has 2 heterocycles. The molecular weight excluding hydrogens is 427 g/mol. The molecule has 154 valence electrons. The zero-order valence-electron chi connectivity index (χ0n) is 14.9. The van der Waals surface area contributed by atoms with Crippen molar-refractivity contribution in [1.29, 1.82) is 0 Å². The Kier molecular flexibility index (Phi) is 4.91. The highest BCUT2D eigenvalue weighted by atomic mass is 32.2. The Morgan fingerprint density at radius 1 is 1.00 bits per heavy atom. The number of piperazine rings is 1. The predicted molar refractivity (Wildman–Crippen MR) is 105 cm³/mol. The molecule has 1 saturated heterocycles. The first-order chi connectivity index (χ1) is 13.6. The first-order valence-electron chi connectivity index (χ1n) is 8.70. The van der Waals surface area contributed by atoms with Crippen molar-refractivity contribution in [3.05, 3.63) is 57.7 Å². The fraction of sp³-hybridized carbons (Fsp3) is 0.278. The average molecular weight is 443 g/mol. The maximum Gasteiger partial charge on any atom is 0.416 e. The van der Waals surface area contributed by atoms with Gasteiger partial charge in [0.2, 0.25) is 10.0 Å². The molecular formula is C18H16F3N3O3S2. The molecule has 0 radical (unpaired) electrons. The number of H-pyrrole nitrogens is 1. The van der Waals surface area contributed by atoms with E-state index in [1.54, 1.807) is 17.0 Å². The minimum Gasteiger partial charge on any atom is -0.369 e. The van der Waals surface area contributed by atoms with Gasteiger partial charge >= 0.3 is 11.0 Å². The number of alkyl halides is 3. The number of rotatable bonds is 3. The van der Waals surface area contributed by atoms with Gasteiger partial charge in [-0.3, -0.25) is 4.79 Å². The van der Waals surface area contributed by atoms with Crippen molar-refractivity contribution in [2.75, 3.05) is 31.1 Å². The van der Waals surface area contributed by atoms with Crippen LogP contribution in [0.15, 0.2) is 52.2 Å². The van der Waals surface area contributed by atoms with Gasteiger partial charge < -0.3 is 9.88 Å². The van der Waals surface area contributed by atoms with Crippen molar-refractivity contribution in [1.82, 2.24) is 9.29 Å². The molecule has 2 aromatic carbocycles. The van der Waals surface area contributed by atoms with E-state index in [0.717, 1.165) is 23.5 Å². The highest BCUT2D eigenvalue weighted by Crippen LogP contribution is 2.32. The third-order valence-electron chi connectivity index (χ3n) is 4.81. The van der Waals surface area contributed by atoms with Gasteiger partial charge in [0.1, 0.15) is 0 Å². The van der Waals surface area contributed by atoms with Crippen molar-refractivity contribution >= 4 is 37.3 Å². The summed E-state index contributed by atoms with van der Waals surface area (Å²) in [5.41, 5.74) is 0.257. The Balaban J connectivity index is 1.52. The zero-order chi connectivity index (χ0) is 20.8. The smallest absolute Gasteiger partial charge is 0.369 e. The second-order valence-corrected chi connectivity index (χ2v) is 9.56. The SMILES string of the molecule is O=c1[nH]c2ccc(S(=O)(=O)N3CCN(c4cccc(C(F)(F)F)c4)CC3)cc2s1. The van der Waals surface area contributed by atoms with E-state index in [4.69, 9.17) is 0 Å². The van der Waals surface area contributed by atoms with E-state index in [0.29, 0.717) is 15.9 Å². The number of nitrogens with zero attached hydrogens (tertiary/aromatic N) is 2. The van der Waals surface area contributed by atoms with Gasteiger partial charge in [0.05, 0.1) is 20.7 Å². The number of thiazole rings is 1. The van der Waals surface area contributed by atoms with Crippen LogP contribution < -0.4 is 9.77 Å². The van der Waals surface area contributed by atoms with Crippen LogP contribution in [0.3, 0.4) is 0 Å². The Morgan fingerprint density at radius 2 is 1.72 bits per heavy atom. The fourth-order valence-corrected chi connectivity index (χ4v) is 5.60. The summed E-state index contributed by atoms with van der Waals surface area (Å²) < 4.78 is 66.5. The summed E-state index contributed by atoms with van der Waals surface area (Å²) in [6.07, 6.45) is -4.43. The largest absolute Gasteiger partial charge is 0.416 e. The first-order valence-corrected chi connectivity index (χ1v) is 11.0. The molecule has 11 heteroatoms. The molecule has 0 bridgehead atoms. The fourth-order valence-electron chi connectivity index (χ4n) is 3.30. The molecule has 6 nitrogen and oxygen atoms in total. The topological polar surface area (TPSA) is 73.5 Å². The number of hydrogen-bond donors (Lipinski definition) is 1. The molecule has 1 N–H and O–H groups in total. The third-order valence-corrected chi connectivity index (χ3v) is 7.55. The Hall–Kier alpha value is -2.37. The third kappa shape index (κ3) is 3.89. The Morgan fingerprint density at radius 3 is 2.41 bits per heavy atom. The number of aromatic amines is 1. The Labute approximate surface area is 168 Å². The summed E-state index contributed by atoms with van der Waals surface area (Å²) in [4.78, 5) is 15.6. The number of hydrogen-bond acceptors (Lipinski definition) is 5. The van der Waals surface area contributed by atoms with E-state index < -0.39 is 21.8 Å². The number of aromatic nitrogens is 1. The summed E-state index contributed by atoms with van der Waals surface area (Å²) >= 11 is 0.936. The molecule has 29 heavy (non-hydrogen) atoms. The molecule has 1 fully saturated rings. The van der Waals surface area contributed by atoms with Crippen LogP contribution in [0.25, 0.3) is 10.2 Å². The molecule has 0 saturated carbocycles. The van der Waals surface area contributed by atoms with E-state index in [1.165, 1.54) is 22.5 Å². The van der Waals surface area contributed by atoms with Crippen molar-refractivity contribution in [2.45, 2.75) is 11.1 Å². The summed E-state index contributed by atoms with van der Waals surface area (Å²) in [5.74, 6) is 0. The van der Waals surface area contributed by atoms with Crippen LogP contribution in [-0.2, 0) is 16.2 Å². The number of anilines is 1. The van der Waals surface area contributed by atoms with Gasteiger partial charge in [0.25, 0.3) is 0 Å². The molecule has 0 amide bonds. The second-order valence-electron chi connectivity index (χ2n) is 6.61. The van der Waals surface area contributed by atoms with E-state index in [2.05, 4.69) is 4.98 Å². The van der Waals surface area contributed by atoms with E-state index in [9.17, 15) is 26.4 Å². The maximum atomic E-state index is 12.9. The van der Waals surface area contributed by atoms with E-state index >= 15 is 0 Å². The molecule has 3 aromatic rings. The van der Waals surface area contributed by atoms with Crippen molar-refractivity contribution < 1.29 is 21.6 Å². The van der Waals surface area contributed by atoms with Crippen LogP contribution in [-0.4, -0.2) is 43.9 Å². The van der Waals surface area contributed by atoms with Crippen molar-refractivity contribution in [3.63, 3.8) is 0 Å². The van der Waals surface area contributed by atoms with Crippen LogP contribution in [0.4, 0.5) is 18.9 Å². The van der Waals surface area contributed by atoms with Gasteiger partial charge in [-0.25, -0.2) is 8.42 Å². The molecule has 0 atom stereocenters.